The van der Waals surface area contributed by atoms with Gasteiger partial charge in [-0.15, -0.1) is 0 Å². The second-order valence-electron chi connectivity index (χ2n) is 4.96. The first kappa shape index (κ1) is 13.7. The molecule has 0 heterocycles. The molecule has 0 N–H and O–H groups in total. The zero-order valence-corrected chi connectivity index (χ0v) is 12.7. The molecule has 1 unspecified atom stereocenters. The number of halogens is 1. The molecule has 1 atom stereocenters. The van der Waals surface area contributed by atoms with Crippen LogP contribution in [0.4, 0.5) is 0 Å². The molecule has 0 aliphatic heterocycles. The summed E-state index contributed by atoms with van der Waals surface area (Å²) in [5.74, 6) is 2.62. The van der Waals surface area contributed by atoms with E-state index in [0.29, 0.717) is 4.83 Å². The molecule has 100 valence electrons. The van der Waals surface area contributed by atoms with Gasteiger partial charge in [-0.05, 0) is 18.4 Å². The number of hydrogen-bond donors (Lipinski definition) is 0. The molecule has 18 heavy (non-hydrogen) atoms. The molecule has 0 radical (unpaired) electrons. The first-order chi connectivity index (χ1) is 8.74. The minimum absolute atomic E-state index is 0.376. The topological polar surface area (TPSA) is 18.5 Å². The highest BCUT2D eigenvalue weighted by molar-refractivity contribution is 9.09. The summed E-state index contributed by atoms with van der Waals surface area (Å²) in [6, 6.07) is 6.06. The molecule has 0 amide bonds. The predicted molar refractivity (Wildman–Crippen MR) is 77.8 cm³/mol. The Morgan fingerprint density at radius 2 is 1.94 bits per heavy atom. The lowest BCUT2D eigenvalue weighted by molar-refractivity contribution is 0.388. The fourth-order valence-electron chi connectivity index (χ4n) is 2.74. The van der Waals surface area contributed by atoms with Crippen LogP contribution in [0.25, 0.3) is 0 Å². The summed E-state index contributed by atoms with van der Waals surface area (Å²) in [5.41, 5.74) is 1.23. The maximum atomic E-state index is 5.46. The van der Waals surface area contributed by atoms with Gasteiger partial charge in [-0.25, -0.2) is 0 Å². The van der Waals surface area contributed by atoms with Gasteiger partial charge >= 0.3 is 0 Å². The van der Waals surface area contributed by atoms with E-state index in [1.54, 1.807) is 14.2 Å². The van der Waals surface area contributed by atoms with E-state index < -0.39 is 0 Å². The van der Waals surface area contributed by atoms with Crippen LogP contribution in [-0.4, -0.2) is 14.2 Å². The van der Waals surface area contributed by atoms with Crippen molar-refractivity contribution < 1.29 is 9.47 Å². The van der Waals surface area contributed by atoms with Crippen molar-refractivity contribution >= 4 is 15.9 Å². The highest BCUT2D eigenvalue weighted by Gasteiger charge is 2.21. The van der Waals surface area contributed by atoms with E-state index in [0.717, 1.165) is 17.4 Å². The van der Waals surface area contributed by atoms with E-state index in [-0.39, 0.29) is 0 Å². The normalized spacial score (nSPS) is 17.7. The summed E-state index contributed by atoms with van der Waals surface area (Å²) >= 11 is 3.81. The molecule has 2 nitrogen and oxygen atoms in total. The number of ether oxygens (including phenoxy) is 2. The number of benzene rings is 1. The molecule has 1 aromatic carbocycles. The lowest BCUT2D eigenvalue weighted by Gasteiger charge is -2.18. The van der Waals surface area contributed by atoms with Crippen LogP contribution < -0.4 is 9.47 Å². The highest BCUT2D eigenvalue weighted by atomic mass is 79.9. The highest BCUT2D eigenvalue weighted by Crippen LogP contribution is 2.41. The summed E-state index contributed by atoms with van der Waals surface area (Å²) in [7, 11) is 3.39. The van der Waals surface area contributed by atoms with Crippen molar-refractivity contribution in [3.8, 4) is 11.5 Å². The van der Waals surface area contributed by atoms with Crippen LogP contribution in [0.2, 0.25) is 0 Å². The molecule has 0 spiro atoms. The van der Waals surface area contributed by atoms with Gasteiger partial charge in [0, 0.05) is 16.5 Å². The second kappa shape index (κ2) is 6.46. The third kappa shape index (κ3) is 3.19. The van der Waals surface area contributed by atoms with E-state index in [2.05, 4.69) is 22.0 Å². The number of hydrogen-bond acceptors (Lipinski definition) is 2. The van der Waals surface area contributed by atoms with Gasteiger partial charge in [-0.2, -0.15) is 0 Å². The molecule has 1 aromatic rings. The van der Waals surface area contributed by atoms with Crippen LogP contribution in [-0.2, 0) is 0 Å². The quantitative estimate of drug-likeness (QED) is 0.732. The van der Waals surface area contributed by atoms with Crippen molar-refractivity contribution in [1.82, 2.24) is 0 Å². The molecule has 1 aliphatic rings. The Morgan fingerprint density at radius 1 is 1.22 bits per heavy atom. The maximum Gasteiger partial charge on any atom is 0.126 e. The predicted octanol–water partition coefficient (Wildman–Crippen LogP) is 4.72. The summed E-state index contributed by atoms with van der Waals surface area (Å²) in [5, 5.41) is 0. The number of methoxy groups -OCH3 is 2. The summed E-state index contributed by atoms with van der Waals surface area (Å²) < 4.78 is 10.7. The zero-order valence-electron chi connectivity index (χ0n) is 11.1. The molecule has 0 bridgehead atoms. The lowest BCUT2D eigenvalue weighted by Crippen LogP contribution is -2.01. The summed E-state index contributed by atoms with van der Waals surface area (Å²) in [6.07, 6.45) is 6.73. The van der Waals surface area contributed by atoms with Gasteiger partial charge in [0.05, 0.1) is 14.2 Å². The van der Waals surface area contributed by atoms with Crippen LogP contribution in [0.15, 0.2) is 18.2 Å². The fourth-order valence-corrected chi connectivity index (χ4v) is 3.65. The first-order valence-corrected chi connectivity index (χ1v) is 7.52. The van der Waals surface area contributed by atoms with E-state index in [9.17, 15) is 0 Å². The monoisotopic (exact) mass is 312 g/mol. The molecule has 2 rings (SSSR count). The Labute approximate surface area is 118 Å². The number of alkyl halides is 1. The van der Waals surface area contributed by atoms with E-state index in [1.807, 2.05) is 12.1 Å². The Kier molecular flexibility index (Phi) is 4.93. The minimum Gasteiger partial charge on any atom is -0.497 e. The fraction of sp³-hybridized carbons (Fsp3) is 0.600. The molecule has 1 fully saturated rings. The standard InChI is InChI=1S/C15H21BrO2/c1-17-12-7-8-13(15(10-12)18-2)14(16)9-11-5-3-4-6-11/h7-8,10-11,14H,3-6,9H2,1-2H3. The van der Waals surface area contributed by atoms with Gasteiger partial charge in [0.2, 0.25) is 0 Å². The zero-order chi connectivity index (χ0) is 13.0. The molecule has 1 saturated carbocycles. The van der Waals surface area contributed by atoms with Gasteiger partial charge in [0.1, 0.15) is 11.5 Å². The van der Waals surface area contributed by atoms with Crippen LogP contribution in [0.5, 0.6) is 11.5 Å². The Hall–Kier alpha value is -0.700. The molecule has 0 aromatic heterocycles. The first-order valence-electron chi connectivity index (χ1n) is 6.60. The Morgan fingerprint density at radius 3 is 2.56 bits per heavy atom. The van der Waals surface area contributed by atoms with Crippen LogP contribution >= 0.6 is 15.9 Å². The third-order valence-corrected chi connectivity index (χ3v) is 4.66. The molecular formula is C15H21BrO2. The van der Waals surface area contributed by atoms with Crippen LogP contribution in [0.1, 0.15) is 42.5 Å². The maximum absolute atomic E-state index is 5.46. The van der Waals surface area contributed by atoms with Gasteiger partial charge in [-0.3, -0.25) is 0 Å². The SMILES string of the molecule is COc1ccc(C(Br)CC2CCCC2)c(OC)c1. The Balaban J connectivity index is 2.10. The molecule has 0 saturated heterocycles. The van der Waals surface area contributed by atoms with Crippen LogP contribution in [0.3, 0.4) is 0 Å². The van der Waals surface area contributed by atoms with Crippen molar-refractivity contribution in [2.45, 2.75) is 36.9 Å². The van der Waals surface area contributed by atoms with Crippen LogP contribution in [0, 0.1) is 5.92 Å². The van der Waals surface area contributed by atoms with Gasteiger partial charge < -0.3 is 9.47 Å². The van der Waals surface area contributed by atoms with E-state index in [1.165, 1.54) is 37.7 Å². The van der Waals surface area contributed by atoms with Gasteiger partial charge in [-0.1, -0.05) is 47.7 Å². The van der Waals surface area contributed by atoms with Crippen molar-refractivity contribution in [2.24, 2.45) is 5.92 Å². The van der Waals surface area contributed by atoms with Crippen molar-refractivity contribution in [3.63, 3.8) is 0 Å². The van der Waals surface area contributed by atoms with Gasteiger partial charge in [0.15, 0.2) is 0 Å². The summed E-state index contributed by atoms with van der Waals surface area (Å²) in [4.78, 5) is 0.376. The Bertz CT molecular complexity index is 386. The van der Waals surface area contributed by atoms with Crippen molar-refractivity contribution in [2.75, 3.05) is 14.2 Å². The minimum atomic E-state index is 0.376. The lowest BCUT2D eigenvalue weighted by atomic mass is 9.97. The molecular weight excluding hydrogens is 292 g/mol. The number of rotatable bonds is 5. The molecule has 3 heteroatoms. The molecule has 1 aliphatic carbocycles. The summed E-state index contributed by atoms with van der Waals surface area (Å²) in [6.45, 7) is 0. The smallest absolute Gasteiger partial charge is 0.126 e. The second-order valence-corrected chi connectivity index (χ2v) is 6.07. The average molecular weight is 313 g/mol. The largest absolute Gasteiger partial charge is 0.497 e. The third-order valence-electron chi connectivity index (χ3n) is 3.79. The van der Waals surface area contributed by atoms with E-state index >= 15 is 0 Å². The van der Waals surface area contributed by atoms with E-state index in [4.69, 9.17) is 9.47 Å². The van der Waals surface area contributed by atoms with Crippen molar-refractivity contribution in [3.05, 3.63) is 23.8 Å². The average Bonchev–Trinajstić information content (AvgIpc) is 2.90. The van der Waals surface area contributed by atoms with Crippen molar-refractivity contribution in [1.29, 1.82) is 0 Å². The van der Waals surface area contributed by atoms with Gasteiger partial charge in [0.25, 0.3) is 0 Å².